The molecule has 0 aliphatic heterocycles. The fourth-order valence-electron chi connectivity index (χ4n) is 4.51. The molecule has 14 heavy (non-hydrogen) atoms. The summed E-state index contributed by atoms with van der Waals surface area (Å²) in [6, 6.07) is 0. The maximum atomic E-state index is 9.91. The summed E-state index contributed by atoms with van der Waals surface area (Å²) < 4.78 is 0. The Labute approximate surface area is 86.2 Å². The van der Waals surface area contributed by atoms with Crippen molar-refractivity contribution in [2.24, 2.45) is 29.1 Å². The van der Waals surface area contributed by atoms with E-state index in [0.717, 1.165) is 24.2 Å². The molecule has 3 rings (SSSR count). The van der Waals surface area contributed by atoms with Gasteiger partial charge in [0.25, 0.3) is 0 Å². The van der Waals surface area contributed by atoms with Gasteiger partial charge in [-0.25, -0.2) is 0 Å². The van der Waals surface area contributed by atoms with Gasteiger partial charge in [0.2, 0.25) is 0 Å². The molecule has 0 radical (unpaired) electrons. The van der Waals surface area contributed by atoms with E-state index < -0.39 is 0 Å². The van der Waals surface area contributed by atoms with Gasteiger partial charge in [-0.3, -0.25) is 0 Å². The van der Waals surface area contributed by atoms with Crippen LogP contribution in [0, 0.1) is 29.1 Å². The molecule has 3 saturated carbocycles. The third-order valence-corrected chi connectivity index (χ3v) is 5.47. The number of fused-ring (bicyclic) bond motifs is 1. The molecule has 6 atom stereocenters. The fraction of sp³-hybridized carbons (Fsp3) is 0.846. The SMILES string of the molecule is C=C(C)[C@@H]1C[C@@H]2C[C@@H](O)[C@@H]3[C@H](C1)[C@]23C. The molecule has 0 saturated heterocycles. The van der Waals surface area contributed by atoms with Crippen molar-refractivity contribution in [2.45, 2.75) is 39.2 Å². The van der Waals surface area contributed by atoms with Crippen molar-refractivity contribution in [3.8, 4) is 0 Å². The van der Waals surface area contributed by atoms with E-state index >= 15 is 0 Å². The van der Waals surface area contributed by atoms with E-state index in [1.54, 1.807) is 0 Å². The van der Waals surface area contributed by atoms with Gasteiger partial charge in [0, 0.05) is 0 Å². The summed E-state index contributed by atoms with van der Waals surface area (Å²) in [4.78, 5) is 0. The average Bonchev–Trinajstić information content (AvgIpc) is 2.59. The number of allylic oxidation sites excluding steroid dienone is 1. The van der Waals surface area contributed by atoms with Crippen molar-refractivity contribution >= 4 is 0 Å². The van der Waals surface area contributed by atoms with Crippen LogP contribution in [-0.2, 0) is 0 Å². The lowest BCUT2D eigenvalue weighted by atomic mass is 9.72. The summed E-state index contributed by atoms with van der Waals surface area (Å²) in [6.45, 7) is 8.66. The second-order valence-electron chi connectivity index (χ2n) is 6.01. The molecule has 0 aromatic carbocycles. The number of aliphatic hydroxyl groups excluding tert-OH is 1. The van der Waals surface area contributed by atoms with Crippen LogP contribution in [0.3, 0.4) is 0 Å². The summed E-state index contributed by atoms with van der Waals surface area (Å²) in [5.41, 5.74) is 1.88. The van der Waals surface area contributed by atoms with Crippen LogP contribution in [0.1, 0.15) is 33.1 Å². The summed E-state index contributed by atoms with van der Waals surface area (Å²) in [5, 5.41) is 9.91. The maximum absolute atomic E-state index is 9.91. The Morgan fingerprint density at radius 2 is 2.07 bits per heavy atom. The molecule has 0 aromatic rings. The molecular formula is C13H20O. The van der Waals surface area contributed by atoms with Crippen molar-refractivity contribution in [1.29, 1.82) is 0 Å². The number of rotatable bonds is 1. The van der Waals surface area contributed by atoms with Crippen molar-refractivity contribution < 1.29 is 5.11 Å². The Bertz CT molecular complexity index is 296. The van der Waals surface area contributed by atoms with Crippen LogP contribution >= 0.6 is 0 Å². The molecule has 0 bridgehead atoms. The lowest BCUT2D eigenvalue weighted by Crippen LogP contribution is -2.26. The molecule has 1 heteroatoms. The highest BCUT2D eigenvalue weighted by molar-refractivity contribution is 5.23. The van der Waals surface area contributed by atoms with Crippen molar-refractivity contribution in [2.75, 3.05) is 0 Å². The zero-order chi connectivity index (χ0) is 10.1. The smallest absolute Gasteiger partial charge is 0.0579 e. The summed E-state index contributed by atoms with van der Waals surface area (Å²) in [6.07, 6.45) is 3.66. The Hall–Kier alpha value is -0.300. The highest BCUT2D eigenvalue weighted by Crippen LogP contribution is 2.76. The van der Waals surface area contributed by atoms with Gasteiger partial charge in [-0.2, -0.15) is 0 Å². The molecule has 78 valence electrons. The first-order valence-corrected chi connectivity index (χ1v) is 5.88. The molecule has 0 amide bonds. The van der Waals surface area contributed by atoms with Crippen molar-refractivity contribution in [1.82, 2.24) is 0 Å². The third-order valence-electron chi connectivity index (χ3n) is 5.47. The van der Waals surface area contributed by atoms with E-state index in [9.17, 15) is 5.11 Å². The Morgan fingerprint density at radius 1 is 1.36 bits per heavy atom. The average molecular weight is 192 g/mol. The van der Waals surface area contributed by atoms with Gasteiger partial charge in [0.15, 0.2) is 0 Å². The molecule has 3 aliphatic rings. The van der Waals surface area contributed by atoms with Gasteiger partial charge in [-0.15, -0.1) is 0 Å². The van der Waals surface area contributed by atoms with E-state index in [-0.39, 0.29) is 6.10 Å². The van der Waals surface area contributed by atoms with Gasteiger partial charge in [0.05, 0.1) is 6.10 Å². The van der Waals surface area contributed by atoms with Gasteiger partial charge in [-0.05, 0) is 55.3 Å². The number of hydrogen-bond donors (Lipinski definition) is 1. The largest absolute Gasteiger partial charge is 0.393 e. The van der Waals surface area contributed by atoms with Gasteiger partial charge in [-0.1, -0.05) is 19.1 Å². The molecule has 0 aromatic heterocycles. The zero-order valence-corrected chi connectivity index (χ0v) is 9.16. The minimum Gasteiger partial charge on any atom is -0.393 e. The molecule has 0 unspecified atom stereocenters. The third kappa shape index (κ3) is 0.850. The van der Waals surface area contributed by atoms with E-state index in [1.807, 2.05) is 0 Å². The molecule has 3 aliphatic carbocycles. The summed E-state index contributed by atoms with van der Waals surface area (Å²) in [5.74, 6) is 2.97. The van der Waals surface area contributed by atoms with Crippen LogP contribution in [0.4, 0.5) is 0 Å². The second-order valence-corrected chi connectivity index (χ2v) is 6.01. The molecule has 0 spiro atoms. The summed E-state index contributed by atoms with van der Waals surface area (Å²) in [7, 11) is 0. The lowest BCUT2D eigenvalue weighted by Gasteiger charge is -2.33. The van der Waals surface area contributed by atoms with Crippen LogP contribution in [0.2, 0.25) is 0 Å². The highest BCUT2D eigenvalue weighted by atomic mass is 16.3. The van der Waals surface area contributed by atoms with Gasteiger partial charge < -0.3 is 5.11 Å². The van der Waals surface area contributed by atoms with Crippen LogP contribution in [0.5, 0.6) is 0 Å². The second kappa shape index (κ2) is 2.44. The number of aliphatic hydroxyl groups is 1. The van der Waals surface area contributed by atoms with Crippen LogP contribution < -0.4 is 0 Å². The van der Waals surface area contributed by atoms with Gasteiger partial charge >= 0.3 is 0 Å². The Balaban J connectivity index is 1.85. The monoisotopic (exact) mass is 192 g/mol. The first kappa shape index (κ1) is 8.96. The Kier molecular flexibility index (Phi) is 1.56. The van der Waals surface area contributed by atoms with E-state index in [2.05, 4.69) is 20.4 Å². The zero-order valence-electron chi connectivity index (χ0n) is 9.16. The van der Waals surface area contributed by atoms with Crippen molar-refractivity contribution in [3.05, 3.63) is 12.2 Å². The normalized spacial score (nSPS) is 59.5. The standard InChI is InChI=1S/C13H20O/c1-7(2)8-4-9-6-11(14)12-10(5-8)13(9,12)3/h8-12,14H,1,4-6H2,2-3H3/t8-,9-,10+,11-,12+,13+/m1/s1. The Morgan fingerprint density at radius 3 is 2.64 bits per heavy atom. The summed E-state index contributed by atoms with van der Waals surface area (Å²) >= 11 is 0. The van der Waals surface area contributed by atoms with Gasteiger partial charge in [0.1, 0.15) is 0 Å². The molecule has 0 heterocycles. The predicted molar refractivity (Wildman–Crippen MR) is 56.7 cm³/mol. The topological polar surface area (TPSA) is 20.2 Å². The first-order chi connectivity index (χ1) is 6.55. The molecule has 3 fully saturated rings. The molecule has 1 N–H and O–H groups in total. The molecular weight excluding hydrogens is 172 g/mol. The first-order valence-electron chi connectivity index (χ1n) is 5.88. The number of hydrogen-bond acceptors (Lipinski definition) is 1. The van der Waals surface area contributed by atoms with Crippen molar-refractivity contribution in [3.63, 3.8) is 0 Å². The quantitative estimate of drug-likeness (QED) is 0.633. The van der Waals surface area contributed by atoms with Crippen LogP contribution in [-0.4, -0.2) is 11.2 Å². The highest BCUT2D eigenvalue weighted by Gasteiger charge is 2.73. The molecule has 1 nitrogen and oxygen atoms in total. The maximum Gasteiger partial charge on any atom is 0.0579 e. The fourth-order valence-corrected chi connectivity index (χ4v) is 4.51. The predicted octanol–water partition coefficient (Wildman–Crippen LogP) is 2.61. The minimum absolute atomic E-state index is 0.0149. The van der Waals surface area contributed by atoms with E-state index in [4.69, 9.17) is 0 Å². The minimum atomic E-state index is 0.0149. The van der Waals surface area contributed by atoms with Crippen LogP contribution in [0.25, 0.3) is 0 Å². The van der Waals surface area contributed by atoms with E-state index in [0.29, 0.717) is 11.3 Å². The van der Waals surface area contributed by atoms with E-state index in [1.165, 1.54) is 18.4 Å². The van der Waals surface area contributed by atoms with Crippen LogP contribution in [0.15, 0.2) is 12.2 Å². The lowest BCUT2D eigenvalue weighted by molar-refractivity contribution is 0.114.